The van der Waals surface area contributed by atoms with Gasteiger partial charge in [0.05, 0.1) is 5.54 Å². The van der Waals surface area contributed by atoms with Crippen LogP contribution in [0.25, 0.3) is 11.4 Å². The first-order chi connectivity index (χ1) is 12.3. The van der Waals surface area contributed by atoms with Gasteiger partial charge in [-0.2, -0.15) is 0 Å². The van der Waals surface area contributed by atoms with Crippen molar-refractivity contribution in [2.24, 2.45) is 5.92 Å². The molecule has 126 valence electrons. The first-order valence-corrected chi connectivity index (χ1v) is 9.84. The van der Waals surface area contributed by atoms with Crippen LogP contribution in [-0.2, 0) is 5.54 Å². The third-order valence-electron chi connectivity index (χ3n) is 5.93. The minimum Gasteiger partial charge on any atom is -0.317 e. The van der Waals surface area contributed by atoms with E-state index >= 15 is 0 Å². The van der Waals surface area contributed by atoms with E-state index < -0.39 is 0 Å². The molecule has 1 unspecified atom stereocenters. The van der Waals surface area contributed by atoms with Crippen LogP contribution in [0.3, 0.4) is 0 Å². The van der Waals surface area contributed by atoms with Crippen molar-refractivity contribution in [3.63, 3.8) is 0 Å². The molecule has 0 saturated heterocycles. The van der Waals surface area contributed by atoms with E-state index in [0.717, 1.165) is 22.8 Å². The maximum absolute atomic E-state index is 4.68. The smallest absolute Gasteiger partial charge is 0.141 e. The van der Waals surface area contributed by atoms with E-state index in [1.807, 2.05) is 12.4 Å². The molecule has 1 aromatic carbocycles. The number of hydrogen-bond acceptors (Lipinski definition) is 2. The first kappa shape index (κ1) is 15.3. The molecule has 1 saturated carbocycles. The molecule has 0 radical (unpaired) electrons. The van der Waals surface area contributed by atoms with Gasteiger partial charge in [-0.15, -0.1) is 0 Å². The van der Waals surface area contributed by atoms with Gasteiger partial charge < -0.3 is 4.57 Å². The lowest BCUT2D eigenvalue weighted by molar-refractivity contribution is 0.331. The van der Waals surface area contributed by atoms with Gasteiger partial charge in [0.1, 0.15) is 10.4 Å². The Balaban J connectivity index is 1.77. The van der Waals surface area contributed by atoms with Crippen LogP contribution in [0.4, 0.5) is 0 Å². The molecule has 0 N–H and O–H groups in total. The van der Waals surface area contributed by atoms with Crippen LogP contribution in [0.1, 0.15) is 43.2 Å². The Kier molecular flexibility index (Phi) is 3.56. The van der Waals surface area contributed by atoms with Crippen molar-refractivity contribution in [1.29, 1.82) is 0 Å². The lowest BCUT2D eigenvalue weighted by Gasteiger charge is -2.35. The highest BCUT2D eigenvalue weighted by Crippen LogP contribution is 2.51. The standard InChI is InChI=1S/C21H20BrN3/c22-19-10-9-16(14-24-19)21(13-15-5-1-2-6-15)18-8-4-3-7-17(18)20-23-11-12-25(20)21/h3-4,7-12,14-15H,1-2,5-6,13H2. The molecule has 1 fully saturated rings. The van der Waals surface area contributed by atoms with E-state index in [1.165, 1.54) is 42.4 Å². The van der Waals surface area contributed by atoms with Gasteiger partial charge in [0.2, 0.25) is 0 Å². The van der Waals surface area contributed by atoms with Gasteiger partial charge in [-0.3, -0.25) is 0 Å². The number of fused-ring (bicyclic) bond motifs is 3. The summed E-state index contributed by atoms with van der Waals surface area (Å²) in [5.74, 6) is 1.83. The van der Waals surface area contributed by atoms with Gasteiger partial charge in [0.15, 0.2) is 0 Å². The topological polar surface area (TPSA) is 30.7 Å². The Bertz CT molecular complexity index is 909. The highest BCUT2D eigenvalue weighted by molar-refractivity contribution is 9.10. The molecular formula is C21H20BrN3. The minimum absolute atomic E-state index is 0.189. The summed E-state index contributed by atoms with van der Waals surface area (Å²) in [7, 11) is 0. The zero-order chi connectivity index (χ0) is 16.9. The Labute approximate surface area is 156 Å². The number of aromatic nitrogens is 3. The largest absolute Gasteiger partial charge is 0.317 e. The number of benzene rings is 1. The van der Waals surface area contributed by atoms with Gasteiger partial charge in [0.25, 0.3) is 0 Å². The fourth-order valence-electron chi connectivity index (χ4n) is 4.85. The fourth-order valence-corrected chi connectivity index (χ4v) is 5.09. The summed E-state index contributed by atoms with van der Waals surface area (Å²) in [5.41, 5.74) is 3.69. The zero-order valence-electron chi connectivity index (χ0n) is 14.0. The molecule has 3 aromatic rings. The van der Waals surface area contributed by atoms with Crippen molar-refractivity contribution in [2.75, 3.05) is 0 Å². The van der Waals surface area contributed by atoms with Gasteiger partial charge in [-0.25, -0.2) is 9.97 Å². The molecule has 4 heteroatoms. The number of nitrogens with zero attached hydrogens (tertiary/aromatic N) is 3. The number of hydrogen-bond donors (Lipinski definition) is 0. The van der Waals surface area contributed by atoms with Gasteiger partial charge >= 0.3 is 0 Å². The van der Waals surface area contributed by atoms with Crippen LogP contribution in [-0.4, -0.2) is 14.5 Å². The fraction of sp³-hybridized carbons (Fsp3) is 0.333. The molecule has 0 spiro atoms. The molecule has 0 amide bonds. The molecule has 5 rings (SSSR count). The highest BCUT2D eigenvalue weighted by Gasteiger charge is 2.46. The Morgan fingerprint density at radius 1 is 1.08 bits per heavy atom. The Hall–Kier alpha value is -1.94. The van der Waals surface area contributed by atoms with Crippen molar-refractivity contribution in [2.45, 2.75) is 37.6 Å². The number of halogens is 1. The molecule has 1 aliphatic carbocycles. The second kappa shape index (κ2) is 5.80. The van der Waals surface area contributed by atoms with Crippen molar-refractivity contribution in [1.82, 2.24) is 14.5 Å². The van der Waals surface area contributed by atoms with Crippen LogP contribution < -0.4 is 0 Å². The van der Waals surface area contributed by atoms with Crippen LogP contribution in [0.2, 0.25) is 0 Å². The predicted octanol–water partition coefficient (Wildman–Crippen LogP) is 5.39. The lowest BCUT2D eigenvalue weighted by Crippen LogP contribution is -2.35. The monoisotopic (exact) mass is 393 g/mol. The maximum atomic E-state index is 4.68. The first-order valence-electron chi connectivity index (χ1n) is 9.05. The van der Waals surface area contributed by atoms with Crippen molar-refractivity contribution in [3.8, 4) is 11.4 Å². The van der Waals surface area contributed by atoms with E-state index in [1.54, 1.807) is 0 Å². The molecule has 3 heterocycles. The maximum Gasteiger partial charge on any atom is 0.141 e. The summed E-state index contributed by atoms with van der Waals surface area (Å²) < 4.78 is 3.27. The molecular weight excluding hydrogens is 374 g/mol. The average Bonchev–Trinajstić information content (AvgIpc) is 3.36. The Morgan fingerprint density at radius 2 is 1.92 bits per heavy atom. The van der Waals surface area contributed by atoms with Crippen LogP contribution in [0.5, 0.6) is 0 Å². The summed E-state index contributed by atoms with van der Waals surface area (Å²) in [6.07, 6.45) is 12.6. The van der Waals surface area contributed by atoms with E-state index in [4.69, 9.17) is 0 Å². The van der Waals surface area contributed by atoms with Crippen LogP contribution >= 0.6 is 15.9 Å². The second-order valence-corrected chi connectivity index (χ2v) is 8.06. The third kappa shape index (κ3) is 2.23. The average molecular weight is 394 g/mol. The highest BCUT2D eigenvalue weighted by atomic mass is 79.9. The molecule has 25 heavy (non-hydrogen) atoms. The van der Waals surface area contributed by atoms with Crippen molar-refractivity contribution in [3.05, 3.63) is 70.7 Å². The number of imidazole rings is 1. The van der Waals surface area contributed by atoms with Crippen LogP contribution in [0.15, 0.2) is 59.6 Å². The minimum atomic E-state index is -0.189. The molecule has 0 bridgehead atoms. The van der Waals surface area contributed by atoms with Gasteiger partial charge in [-0.05, 0) is 39.9 Å². The van der Waals surface area contributed by atoms with E-state index in [0.29, 0.717) is 0 Å². The van der Waals surface area contributed by atoms with Crippen LogP contribution in [0, 0.1) is 5.92 Å². The summed E-state index contributed by atoms with van der Waals surface area (Å²) >= 11 is 3.49. The molecule has 1 atom stereocenters. The van der Waals surface area contributed by atoms with Crippen molar-refractivity contribution < 1.29 is 0 Å². The molecule has 2 aliphatic rings. The third-order valence-corrected chi connectivity index (χ3v) is 6.40. The zero-order valence-corrected chi connectivity index (χ0v) is 15.6. The van der Waals surface area contributed by atoms with Gasteiger partial charge in [-0.1, -0.05) is 56.0 Å². The second-order valence-electron chi connectivity index (χ2n) is 7.25. The number of rotatable bonds is 3. The van der Waals surface area contributed by atoms with E-state index in [-0.39, 0.29) is 5.54 Å². The molecule has 1 aliphatic heterocycles. The predicted molar refractivity (Wildman–Crippen MR) is 102 cm³/mol. The number of pyridine rings is 1. The Morgan fingerprint density at radius 3 is 2.72 bits per heavy atom. The SMILES string of the molecule is Brc1ccc(C2(CC3CCCC3)c3ccccc3-c3nccn32)cn1. The normalized spacial score (nSPS) is 22.1. The summed E-state index contributed by atoms with van der Waals surface area (Å²) in [4.78, 5) is 9.24. The van der Waals surface area contributed by atoms with Crippen molar-refractivity contribution >= 4 is 15.9 Å². The van der Waals surface area contributed by atoms with E-state index in [9.17, 15) is 0 Å². The summed E-state index contributed by atoms with van der Waals surface area (Å²) in [5, 5.41) is 0. The van der Waals surface area contributed by atoms with E-state index in [2.05, 4.69) is 73.1 Å². The van der Waals surface area contributed by atoms with Gasteiger partial charge in [0, 0.05) is 29.7 Å². The summed E-state index contributed by atoms with van der Waals surface area (Å²) in [6.45, 7) is 0. The quantitative estimate of drug-likeness (QED) is 0.558. The summed E-state index contributed by atoms with van der Waals surface area (Å²) in [6, 6.07) is 13.0. The molecule has 2 aromatic heterocycles. The molecule has 3 nitrogen and oxygen atoms in total. The lowest BCUT2D eigenvalue weighted by atomic mass is 9.76.